The van der Waals surface area contributed by atoms with Crippen LogP contribution in [-0.4, -0.2) is 39.6 Å². The van der Waals surface area contributed by atoms with Crippen molar-refractivity contribution >= 4 is 0 Å². The molecule has 0 radical (unpaired) electrons. The van der Waals surface area contributed by atoms with Gasteiger partial charge in [-0.2, -0.15) is 0 Å². The number of aliphatic hydroxyl groups is 1. The smallest absolute Gasteiger partial charge is 0.159 e. The van der Waals surface area contributed by atoms with Crippen LogP contribution in [0.3, 0.4) is 0 Å². The lowest BCUT2D eigenvalue weighted by Gasteiger charge is -2.33. The first-order valence-electron chi connectivity index (χ1n) is 7.75. The molecule has 1 aromatic carbocycles. The van der Waals surface area contributed by atoms with Gasteiger partial charge >= 0.3 is 0 Å². The van der Waals surface area contributed by atoms with E-state index in [9.17, 15) is 13.9 Å². The standard InChI is InChI=1S/C17H19F2N3O/c18-14-4-3-12(8-15(14)19)17(23)10-22-7-1-2-13(9-22)16-5-6-20-11-21-16/h3-6,8,11,13,17,23H,1-2,7,9-10H2. The molecule has 0 amide bonds. The molecule has 2 atom stereocenters. The molecule has 0 bridgehead atoms. The molecule has 2 aromatic rings. The zero-order valence-corrected chi connectivity index (χ0v) is 12.7. The molecule has 1 aromatic heterocycles. The lowest BCUT2D eigenvalue weighted by molar-refractivity contribution is 0.0947. The number of hydrogen-bond donors (Lipinski definition) is 1. The summed E-state index contributed by atoms with van der Waals surface area (Å²) < 4.78 is 26.3. The van der Waals surface area contributed by atoms with Gasteiger partial charge in [0.2, 0.25) is 0 Å². The average molecular weight is 319 g/mol. The van der Waals surface area contributed by atoms with Gasteiger partial charge < -0.3 is 5.11 Å². The molecule has 1 N–H and O–H groups in total. The van der Waals surface area contributed by atoms with Gasteiger partial charge in [-0.1, -0.05) is 6.07 Å². The van der Waals surface area contributed by atoms with E-state index in [0.717, 1.165) is 43.8 Å². The highest BCUT2D eigenvalue weighted by Crippen LogP contribution is 2.27. The van der Waals surface area contributed by atoms with Crippen molar-refractivity contribution in [2.45, 2.75) is 24.9 Å². The molecule has 2 heterocycles. The fraction of sp³-hybridized carbons (Fsp3) is 0.412. The number of likely N-dealkylation sites (tertiary alicyclic amines) is 1. The van der Waals surface area contributed by atoms with Gasteiger partial charge in [0.15, 0.2) is 11.6 Å². The van der Waals surface area contributed by atoms with Crippen molar-refractivity contribution in [2.75, 3.05) is 19.6 Å². The Morgan fingerprint density at radius 1 is 1.26 bits per heavy atom. The number of piperidine rings is 1. The Kier molecular flexibility index (Phi) is 4.93. The number of benzene rings is 1. The molecule has 2 unspecified atom stereocenters. The summed E-state index contributed by atoms with van der Waals surface area (Å²) in [7, 11) is 0. The zero-order chi connectivity index (χ0) is 16.2. The molecule has 0 aliphatic carbocycles. The third-order valence-corrected chi connectivity index (χ3v) is 4.29. The molecule has 0 spiro atoms. The lowest BCUT2D eigenvalue weighted by Crippen LogP contribution is -2.37. The number of hydrogen-bond acceptors (Lipinski definition) is 4. The third kappa shape index (κ3) is 3.89. The van der Waals surface area contributed by atoms with Gasteiger partial charge in [0.1, 0.15) is 6.33 Å². The van der Waals surface area contributed by atoms with Crippen LogP contribution >= 0.6 is 0 Å². The maximum Gasteiger partial charge on any atom is 0.159 e. The Hall–Kier alpha value is -1.92. The molecule has 4 nitrogen and oxygen atoms in total. The van der Waals surface area contributed by atoms with Crippen LogP contribution in [0.25, 0.3) is 0 Å². The Morgan fingerprint density at radius 2 is 2.13 bits per heavy atom. The quantitative estimate of drug-likeness (QED) is 0.941. The van der Waals surface area contributed by atoms with Crippen molar-refractivity contribution in [1.29, 1.82) is 0 Å². The third-order valence-electron chi connectivity index (χ3n) is 4.29. The largest absolute Gasteiger partial charge is 0.387 e. The first-order chi connectivity index (χ1) is 11.1. The fourth-order valence-corrected chi connectivity index (χ4v) is 3.07. The van der Waals surface area contributed by atoms with E-state index in [2.05, 4.69) is 14.9 Å². The molecule has 1 aliphatic rings. The van der Waals surface area contributed by atoms with Gasteiger partial charge in [-0.15, -0.1) is 0 Å². The lowest BCUT2D eigenvalue weighted by atomic mass is 9.94. The number of nitrogens with zero attached hydrogens (tertiary/aromatic N) is 3. The van der Waals surface area contributed by atoms with Crippen LogP contribution in [0.4, 0.5) is 8.78 Å². The average Bonchev–Trinajstić information content (AvgIpc) is 2.58. The van der Waals surface area contributed by atoms with E-state index in [-0.39, 0.29) is 0 Å². The monoisotopic (exact) mass is 319 g/mol. The maximum absolute atomic E-state index is 13.3. The second-order valence-corrected chi connectivity index (χ2v) is 5.92. The van der Waals surface area contributed by atoms with Crippen LogP contribution < -0.4 is 0 Å². The summed E-state index contributed by atoms with van der Waals surface area (Å²) in [5.74, 6) is -1.52. The molecular weight excluding hydrogens is 300 g/mol. The predicted octanol–water partition coefficient (Wildman–Crippen LogP) is 2.67. The van der Waals surface area contributed by atoms with Crippen LogP contribution in [0, 0.1) is 11.6 Å². The minimum Gasteiger partial charge on any atom is -0.387 e. The number of halogens is 2. The van der Waals surface area contributed by atoms with Crippen molar-refractivity contribution in [3.05, 3.63) is 59.7 Å². The topological polar surface area (TPSA) is 49.2 Å². The minimum absolute atomic E-state index is 0.309. The van der Waals surface area contributed by atoms with Crippen molar-refractivity contribution < 1.29 is 13.9 Å². The van der Waals surface area contributed by atoms with Gasteiger partial charge in [-0.05, 0) is 43.1 Å². The van der Waals surface area contributed by atoms with E-state index in [1.807, 2.05) is 6.07 Å². The van der Waals surface area contributed by atoms with E-state index >= 15 is 0 Å². The molecule has 1 fully saturated rings. The first kappa shape index (κ1) is 16.0. The molecule has 1 saturated heterocycles. The van der Waals surface area contributed by atoms with Gasteiger partial charge in [0.25, 0.3) is 0 Å². The second-order valence-electron chi connectivity index (χ2n) is 5.92. The number of aliphatic hydroxyl groups excluding tert-OH is 1. The zero-order valence-electron chi connectivity index (χ0n) is 12.7. The molecule has 23 heavy (non-hydrogen) atoms. The van der Waals surface area contributed by atoms with Crippen molar-refractivity contribution in [3.8, 4) is 0 Å². The summed E-state index contributed by atoms with van der Waals surface area (Å²) in [5.41, 5.74) is 1.40. The van der Waals surface area contributed by atoms with E-state index in [1.165, 1.54) is 6.07 Å². The van der Waals surface area contributed by atoms with Gasteiger partial charge in [-0.25, -0.2) is 18.7 Å². The highest BCUT2D eigenvalue weighted by Gasteiger charge is 2.24. The highest BCUT2D eigenvalue weighted by molar-refractivity contribution is 5.20. The van der Waals surface area contributed by atoms with Crippen molar-refractivity contribution in [1.82, 2.24) is 14.9 Å². The van der Waals surface area contributed by atoms with Crippen LogP contribution in [0.5, 0.6) is 0 Å². The van der Waals surface area contributed by atoms with E-state index in [4.69, 9.17) is 0 Å². The Morgan fingerprint density at radius 3 is 2.87 bits per heavy atom. The van der Waals surface area contributed by atoms with Crippen LogP contribution in [0.1, 0.15) is 36.1 Å². The minimum atomic E-state index is -0.931. The summed E-state index contributed by atoms with van der Waals surface area (Å²) in [4.78, 5) is 10.4. The Labute approximate surface area is 133 Å². The molecule has 1 aliphatic heterocycles. The van der Waals surface area contributed by atoms with Crippen LogP contribution in [0.15, 0.2) is 36.8 Å². The summed E-state index contributed by atoms with van der Waals surface area (Å²) in [6.07, 6.45) is 4.50. The predicted molar refractivity (Wildman–Crippen MR) is 81.8 cm³/mol. The van der Waals surface area contributed by atoms with Gasteiger partial charge in [0, 0.05) is 30.9 Å². The number of aromatic nitrogens is 2. The SMILES string of the molecule is OC(CN1CCCC(c2ccncn2)C1)c1ccc(F)c(F)c1. The molecule has 122 valence electrons. The maximum atomic E-state index is 13.3. The fourth-order valence-electron chi connectivity index (χ4n) is 3.07. The van der Waals surface area contributed by atoms with E-state index in [0.29, 0.717) is 18.0 Å². The number of β-amino-alcohol motifs (C(OH)–C–C–N with tert-alkyl or cyclic N) is 1. The molecule has 3 rings (SSSR count). The second kappa shape index (κ2) is 7.10. The summed E-state index contributed by atoms with van der Waals surface area (Å²) in [6, 6.07) is 5.45. The number of rotatable bonds is 4. The first-order valence-corrected chi connectivity index (χ1v) is 7.75. The highest BCUT2D eigenvalue weighted by atomic mass is 19.2. The normalized spacial score (nSPS) is 20.4. The molecule has 0 saturated carbocycles. The van der Waals surface area contributed by atoms with E-state index in [1.54, 1.807) is 12.5 Å². The van der Waals surface area contributed by atoms with E-state index < -0.39 is 17.7 Å². The summed E-state index contributed by atoms with van der Waals surface area (Å²) in [5, 5.41) is 10.3. The summed E-state index contributed by atoms with van der Waals surface area (Å²) in [6.45, 7) is 2.06. The van der Waals surface area contributed by atoms with Gasteiger partial charge in [0.05, 0.1) is 6.10 Å². The van der Waals surface area contributed by atoms with Crippen molar-refractivity contribution in [3.63, 3.8) is 0 Å². The molecule has 6 heteroatoms. The Bertz CT molecular complexity index is 654. The van der Waals surface area contributed by atoms with Gasteiger partial charge in [-0.3, -0.25) is 4.90 Å². The van der Waals surface area contributed by atoms with Crippen LogP contribution in [0.2, 0.25) is 0 Å². The molecular formula is C17H19F2N3O. The van der Waals surface area contributed by atoms with Crippen molar-refractivity contribution in [2.24, 2.45) is 0 Å². The van der Waals surface area contributed by atoms with Crippen LogP contribution in [-0.2, 0) is 0 Å². The summed E-state index contributed by atoms with van der Waals surface area (Å²) >= 11 is 0. The Balaban J connectivity index is 1.64.